The van der Waals surface area contributed by atoms with Crippen molar-refractivity contribution in [1.82, 2.24) is 0 Å². The van der Waals surface area contributed by atoms with E-state index in [0.717, 1.165) is 12.2 Å². The van der Waals surface area contributed by atoms with E-state index in [4.69, 9.17) is 5.11 Å². The molecule has 1 amide bonds. The van der Waals surface area contributed by atoms with Crippen molar-refractivity contribution in [2.75, 3.05) is 5.32 Å². The number of halogens is 5. The van der Waals surface area contributed by atoms with Crippen LogP contribution in [0.25, 0.3) is 0 Å². The first-order chi connectivity index (χ1) is 8.55. The Bertz CT molecular complexity index is 553. The summed E-state index contributed by atoms with van der Waals surface area (Å²) in [5.41, 5.74) is -2.91. The number of nitrogens with one attached hydrogen (secondary N) is 1. The number of alkyl halides is 3. The van der Waals surface area contributed by atoms with Gasteiger partial charge in [0.2, 0.25) is 0 Å². The Balaban J connectivity index is 3.32. The van der Waals surface area contributed by atoms with Crippen LogP contribution in [0.15, 0.2) is 6.07 Å². The minimum Gasteiger partial charge on any atom is -0.477 e. The molecular weight excluding hydrogens is 277 g/mol. The zero-order chi connectivity index (χ0) is 15.0. The lowest BCUT2D eigenvalue weighted by atomic mass is 10.1. The Labute approximate surface area is 102 Å². The van der Waals surface area contributed by atoms with Crippen molar-refractivity contribution in [2.45, 2.75) is 13.1 Å². The third-order valence-electron chi connectivity index (χ3n) is 2.10. The molecule has 0 fully saturated rings. The van der Waals surface area contributed by atoms with Gasteiger partial charge in [-0.25, -0.2) is 13.6 Å². The number of carboxylic acids is 1. The first kappa shape index (κ1) is 14.9. The molecule has 0 aliphatic rings. The highest BCUT2D eigenvalue weighted by molar-refractivity contribution is 5.97. The molecule has 0 unspecified atom stereocenters. The first-order valence-corrected chi connectivity index (χ1v) is 4.65. The van der Waals surface area contributed by atoms with Crippen LogP contribution >= 0.6 is 0 Å². The van der Waals surface area contributed by atoms with E-state index in [1.807, 2.05) is 0 Å². The number of benzene rings is 1. The fourth-order valence-corrected chi connectivity index (χ4v) is 1.24. The standard InChI is InChI=1S/C10H6F5NO3/c1-3-2-4(16-9(19)10(13,14)15)7(12)5(6(3)11)8(17)18/h2H,1H3,(H,16,19)(H,17,18). The molecule has 1 rings (SSSR count). The van der Waals surface area contributed by atoms with Crippen molar-refractivity contribution < 1.29 is 36.6 Å². The largest absolute Gasteiger partial charge is 0.477 e. The number of aryl methyl sites for hydroxylation is 1. The summed E-state index contributed by atoms with van der Waals surface area (Å²) in [5, 5.41) is 9.72. The zero-order valence-electron chi connectivity index (χ0n) is 9.23. The second kappa shape index (κ2) is 4.82. The smallest absolute Gasteiger partial charge is 0.471 e. The number of carbonyl (C=O) groups is 2. The molecule has 1 aromatic carbocycles. The van der Waals surface area contributed by atoms with Crippen molar-refractivity contribution in [1.29, 1.82) is 0 Å². The van der Waals surface area contributed by atoms with E-state index >= 15 is 0 Å². The normalized spacial score (nSPS) is 11.3. The summed E-state index contributed by atoms with van der Waals surface area (Å²) in [4.78, 5) is 21.2. The van der Waals surface area contributed by atoms with Gasteiger partial charge >= 0.3 is 18.1 Å². The van der Waals surface area contributed by atoms with Crippen molar-refractivity contribution in [3.8, 4) is 0 Å². The van der Waals surface area contributed by atoms with E-state index in [2.05, 4.69) is 0 Å². The summed E-state index contributed by atoms with van der Waals surface area (Å²) in [5.74, 6) is -7.70. The number of aromatic carboxylic acids is 1. The quantitative estimate of drug-likeness (QED) is 0.819. The zero-order valence-corrected chi connectivity index (χ0v) is 9.23. The molecule has 9 heteroatoms. The van der Waals surface area contributed by atoms with Gasteiger partial charge in [-0.3, -0.25) is 4.79 Å². The van der Waals surface area contributed by atoms with E-state index in [1.165, 1.54) is 0 Å². The molecule has 4 nitrogen and oxygen atoms in total. The van der Waals surface area contributed by atoms with Crippen LogP contribution in [-0.4, -0.2) is 23.2 Å². The van der Waals surface area contributed by atoms with Gasteiger partial charge in [-0.1, -0.05) is 0 Å². The topological polar surface area (TPSA) is 66.4 Å². The molecule has 19 heavy (non-hydrogen) atoms. The van der Waals surface area contributed by atoms with Crippen molar-refractivity contribution >= 4 is 17.6 Å². The third kappa shape index (κ3) is 2.98. The molecule has 0 aliphatic heterocycles. The lowest BCUT2D eigenvalue weighted by molar-refractivity contribution is -0.167. The molecule has 1 aromatic rings. The molecule has 0 heterocycles. The highest BCUT2D eigenvalue weighted by atomic mass is 19.4. The maximum absolute atomic E-state index is 13.5. The minimum absolute atomic E-state index is 0.420. The van der Waals surface area contributed by atoms with Gasteiger partial charge in [0, 0.05) is 0 Å². The van der Waals surface area contributed by atoms with Crippen LogP contribution in [0.3, 0.4) is 0 Å². The average Bonchev–Trinajstić information content (AvgIpc) is 2.24. The predicted octanol–water partition coefficient (Wildman–Crippen LogP) is 2.47. The van der Waals surface area contributed by atoms with Crippen LogP contribution < -0.4 is 5.32 Å². The fraction of sp³-hybridized carbons (Fsp3) is 0.200. The number of carbonyl (C=O) groups excluding carboxylic acids is 1. The number of carboxylic acid groups (broad SMARTS) is 1. The lowest BCUT2D eigenvalue weighted by Crippen LogP contribution is -2.30. The van der Waals surface area contributed by atoms with Crippen molar-refractivity contribution in [3.05, 3.63) is 28.8 Å². The van der Waals surface area contributed by atoms with Crippen LogP contribution in [0.5, 0.6) is 0 Å². The number of hydrogen-bond acceptors (Lipinski definition) is 2. The highest BCUT2D eigenvalue weighted by Crippen LogP contribution is 2.26. The minimum atomic E-state index is -5.28. The molecular formula is C10H6F5NO3. The van der Waals surface area contributed by atoms with E-state index in [-0.39, 0.29) is 0 Å². The van der Waals surface area contributed by atoms with Gasteiger partial charge in [0.05, 0.1) is 5.69 Å². The van der Waals surface area contributed by atoms with Crippen LogP contribution in [0.2, 0.25) is 0 Å². The van der Waals surface area contributed by atoms with Crippen LogP contribution in [0.4, 0.5) is 27.6 Å². The molecule has 0 spiro atoms. The molecule has 0 bridgehead atoms. The second-order valence-electron chi connectivity index (χ2n) is 3.50. The van der Waals surface area contributed by atoms with Gasteiger partial charge in [-0.15, -0.1) is 0 Å². The van der Waals surface area contributed by atoms with E-state index in [1.54, 1.807) is 0 Å². The summed E-state index contributed by atoms with van der Waals surface area (Å²) >= 11 is 0. The van der Waals surface area contributed by atoms with Gasteiger partial charge in [0.1, 0.15) is 11.4 Å². The Morgan fingerprint density at radius 2 is 1.74 bits per heavy atom. The van der Waals surface area contributed by atoms with E-state index in [9.17, 15) is 31.5 Å². The highest BCUT2D eigenvalue weighted by Gasteiger charge is 2.39. The van der Waals surface area contributed by atoms with Gasteiger partial charge in [-0.05, 0) is 18.6 Å². The molecule has 104 valence electrons. The number of anilines is 1. The molecule has 0 aliphatic carbocycles. The van der Waals surface area contributed by atoms with Gasteiger partial charge < -0.3 is 10.4 Å². The second-order valence-corrected chi connectivity index (χ2v) is 3.50. The number of amides is 1. The van der Waals surface area contributed by atoms with Crippen LogP contribution in [-0.2, 0) is 4.79 Å². The summed E-state index contributed by atoms with van der Waals surface area (Å²) in [7, 11) is 0. The summed E-state index contributed by atoms with van der Waals surface area (Å²) in [6.45, 7) is 1.02. The van der Waals surface area contributed by atoms with E-state index < -0.39 is 46.5 Å². The van der Waals surface area contributed by atoms with Gasteiger partial charge in [0.25, 0.3) is 0 Å². The number of rotatable bonds is 2. The monoisotopic (exact) mass is 283 g/mol. The predicted molar refractivity (Wildman–Crippen MR) is 52.7 cm³/mol. The lowest BCUT2D eigenvalue weighted by Gasteiger charge is -2.12. The Morgan fingerprint density at radius 3 is 2.16 bits per heavy atom. The van der Waals surface area contributed by atoms with Gasteiger partial charge in [-0.2, -0.15) is 13.2 Å². The molecule has 0 aromatic heterocycles. The summed E-state index contributed by atoms with van der Waals surface area (Å²) < 4.78 is 62.8. The number of hydrogen-bond donors (Lipinski definition) is 2. The molecule has 0 saturated carbocycles. The Morgan fingerprint density at radius 1 is 1.21 bits per heavy atom. The fourth-order valence-electron chi connectivity index (χ4n) is 1.24. The van der Waals surface area contributed by atoms with Crippen molar-refractivity contribution in [2.24, 2.45) is 0 Å². The molecule has 0 atom stereocenters. The summed E-state index contributed by atoms with van der Waals surface area (Å²) in [6.07, 6.45) is -5.28. The molecule has 0 saturated heterocycles. The average molecular weight is 283 g/mol. The Hall–Kier alpha value is -2.19. The van der Waals surface area contributed by atoms with Crippen LogP contribution in [0, 0.1) is 18.6 Å². The van der Waals surface area contributed by atoms with E-state index in [0.29, 0.717) is 6.07 Å². The molecule has 0 radical (unpaired) electrons. The third-order valence-corrected chi connectivity index (χ3v) is 2.10. The van der Waals surface area contributed by atoms with Gasteiger partial charge in [0.15, 0.2) is 5.82 Å². The van der Waals surface area contributed by atoms with Crippen LogP contribution in [0.1, 0.15) is 15.9 Å². The van der Waals surface area contributed by atoms with Crippen molar-refractivity contribution in [3.63, 3.8) is 0 Å². The Kier molecular flexibility index (Phi) is 3.78. The maximum atomic E-state index is 13.5. The molecule has 2 N–H and O–H groups in total. The summed E-state index contributed by atoms with van der Waals surface area (Å²) in [6, 6.07) is 0.570. The maximum Gasteiger partial charge on any atom is 0.471 e. The SMILES string of the molecule is Cc1cc(NC(=O)C(F)(F)F)c(F)c(C(=O)O)c1F. The first-order valence-electron chi connectivity index (χ1n) is 4.65.